The molecule has 0 aliphatic heterocycles. The first-order valence-corrected chi connectivity index (χ1v) is 2.36. The summed E-state index contributed by atoms with van der Waals surface area (Å²) in [4.78, 5) is 9.88. The molecule has 0 radical (unpaired) electrons. The van der Waals surface area contributed by atoms with Crippen molar-refractivity contribution < 1.29 is 63.7 Å². The molecular formula is C7H5Cl3OTi. The Hall–Kier alpha value is 0.474. The van der Waals surface area contributed by atoms with Crippen LogP contribution < -0.4 is 37.2 Å². The number of hydrogen-bond acceptors (Lipinski definition) is 1. The van der Waals surface area contributed by atoms with E-state index in [1.165, 1.54) is 0 Å². The molecule has 0 fully saturated rings. The molecule has 0 aliphatic carbocycles. The average Bonchev–Trinajstić information content (AvgIpc) is 1.90. The smallest absolute Gasteiger partial charge is 1.00 e. The summed E-state index contributed by atoms with van der Waals surface area (Å²) in [6.45, 7) is 0. The van der Waals surface area contributed by atoms with Gasteiger partial charge in [-0.3, -0.25) is 0 Å². The fraction of sp³-hybridized carbons (Fsp3) is 0. The molecule has 1 aromatic rings. The van der Waals surface area contributed by atoms with Crippen LogP contribution in [-0.2, 0) is 26.5 Å². The summed E-state index contributed by atoms with van der Waals surface area (Å²) in [5, 5.41) is 0. The quantitative estimate of drug-likeness (QED) is 0.362. The molecule has 0 saturated carbocycles. The predicted molar refractivity (Wildman–Crippen MR) is 31.2 cm³/mol. The van der Waals surface area contributed by atoms with Gasteiger partial charge in [0, 0.05) is 0 Å². The van der Waals surface area contributed by atoms with E-state index in [1.54, 1.807) is 30.6 Å². The molecule has 1 rings (SSSR count). The van der Waals surface area contributed by atoms with Crippen LogP contribution in [0.25, 0.3) is 0 Å². The van der Waals surface area contributed by atoms with Crippen LogP contribution in [0, 0.1) is 0 Å². The van der Waals surface area contributed by atoms with Crippen LogP contribution in [0.5, 0.6) is 0 Å². The topological polar surface area (TPSA) is 17.1 Å². The number of halogens is 3. The average molecular weight is 259 g/mol. The molecule has 0 spiro atoms. The fourth-order valence-electron chi connectivity index (χ4n) is 0.506. The molecular weight excluding hydrogens is 254 g/mol. The van der Waals surface area contributed by atoms with E-state index in [0.717, 1.165) is 0 Å². The van der Waals surface area contributed by atoms with Crippen LogP contribution in [-0.4, -0.2) is 6.29 Å². The maximum atomic E-state index is 9.88. The fourth-order valence-corrected chi connectivity index (χ4v) is 0.506. The van der Waals surface area contributed by atoms with Gasteiger partial charge in [0.2, 0.25) is 0 Å². The van der Waals surface area contributed by atoms with Crippen LogP contribution in [0.4, 0.5) is 0 Å². The van der Waals surface area contributed by atoms with Crippen molar-refractivity contribution in [2.75, 3.05) is 0 Å². The monoisotopic (exact) mass is 258 g/mol. The molecule has 0 unspecified atom stereocenters. The van der Waals surface area contributed by atoms with Gasteiger partial charge in [0.1, 0.15) is 0 Å². The molecule has 0 aliphatic rings. The second-order valence-electron chi connectivity index (χ2n) is 1.47. The van der Waals surface area contributed by atoms with Crippen molar-refractivity contribution in [1.82, 2.24) is 0 Å². The molecule has 0 saturated heterocycles. The van der Waals surface area contributed by atoms with Gasteiger partial charge in [-0.05, 0) is 0 Å². The summed E-state index contributed by atoms with van der Waals surface area (Å²) in [5.74, 6) is 0. The normalized spacial score (nSPS) is 5.67. The standard InChI is InChI=1S/C7H5O.3ClH.Ti/c8-6-7-4-2-1-3-5-7;;;;/h1-5H;3*1H;/q-1;;;;+4/p-3. The Balaban J connectivity index is -0.0000000800. The second-order valence-corrected chi connectivity index (χ2v) is 1.47. The van der Waals surface area contributed by atoms with Crippen LogP contribution in [0.3, 0.4) is 0 Å². The third kappa shape index (κ3) is 8.57. The van der Waals surface area contributed by atoms with Crippen LogP contribution in [0.1, 0.15) is 5.56 Å². The minimum Gasteiger partial charge on any atom is -1.00 e. The van der Waals surface area contributed by atoms with Crippen molar-refractivity contribution in [1.29, 1.82) is 0 Å². The first-order chi connectivity index (χ1) is 3.93. The first kappa shape index (κ1) is 22.9. The summed E-state index contributed by atoms with van der Waals surface area (Å²) in [6, 6.07) is 8.90. The zero-order chi connectivity index (χ0) is 5.82. The summed E-state index contributed by atoms with van der Waals surface area (Å²) in [7, 11) is 0. The van der Waals surface area contributed by atoms with Crippen LogP contribution in [0.15, 0.2) is 30.3 Å². The zero-order valence-electron chi connectivity index (χ0n) is 5.93. The Morgan fingerprint density at radius 1 is 0.917 bits per heavy atom. The Morgan fingerprint density at radius 3 is 1.58 bits per heavy atom. The van der Waals surface area contributed by atoms with Gasteiger partial charge in [0.05, 0.1) is 6.29 Å². The summed E-state index contributed by atoms with van der Waals surface area (Å²) < 4.78 is 0. The number of carbonyl (C=O) groups excluding carboxylic acids is 1. The number of hydrogen-bond donors (Lipinski definition) is 0. The summed E-state index contributed by atoms with van der Waals surface area (Å²) in [6.07, 6.45) is 1.78. The SMILES string of the molecule is O=[C-]c1ccccc1.[Cl-].[Cl-].[Cl-].[Ti+4]. The van der Waals surface area contributed by atoms with E-state index in [-0.39, 0.29) is 58.9 Å². The van der Waals surface area contributed by atoms with Gasteiger partial charge < -0.3 is 42.0 Å². The van der Waals surface area contributed by atoms with Gasteiger partial charge in [-0.2, -0.15) is 17.7 Å². The maximum Gasteiger partial charge on any atom is 4.00 e. The van der Waals surface area contributed by atoms with Crippen molar-refractivity contribution in [3.05, 3.63) is 35.9 Å². The number of rotatable bonds is 1. The Kier molecular flexibility index (Phi) is 26.7. The Morgan fingerprint density at radius 2 is 1.33 bits per heavy atom. The molecule has 1 aromatic carbocycles. The second kappa shape index (κ2) is 14.0. The summed E-state index contributed by atoms with van der Waals surface area (Å²) in [5.41, 5.74) is 0.604. The molecule has 0 aromatic heterocycles. The van der Waals surface area contributed by atoms with Gasteiger partial charge in [-0.25, -0.2) is 0 Å². The van der Waals surface area contributed by atoms with Gasteiger partial charge >= 0.3 is 21.7 Å². The third-order valence-electron chi connectivity index (χ3n) is 0.892. The van der Waals surface area contributed by atoms with Gasteiger partial charge in [0.25, 0.3) is 0 Å². The van der Waals surface area contributed by atoms with E-state index < -0.39 is 0 Å². The minimum absolute atomic E-state index is 0. The minimum atomic E-state index is 0. The molecule has 0 amide bonds. The number of benzene rings is 1. The third-order valence-corrected chi connectivity index (χ3v) is 0.892. The van der Waals surface area contributed by atoms with Gasteiger partial charge in [-0.15, -0.1) is 12.1 Å². The van der Waals surface area contributed by atoms with E-state index in [9.17, 15) is 4.79 Å². The summed E-state index contributed by atoms with van der Waals surface area (Å²) >= 11 is 0. The van der Waals surface area contributed by atoms with Crippen LogP contribution >= 0.6 is 0 Å². The molecule has 0 bridgehead atoms. The van der Waals surface area contributed by atoms with Crippen LogP contribution in [0.2, 0.25) is 0 Å². The molecule has 0 heterocycles. The molecule has 1 nitrogen and oxygen atoms in total. The van der Waals surface area contributed by atoms with E-state index in [0.29, 0.717) is 5.56 Å². The van der Waals surface area contributed by atoms with Crippen molar-refractivity contribution in [3.8, 4) is 0 Å². The van der Waals surface area contributed by atoms with E-state index in [2.05, 4.69) is 0 Å². The van der Waals surface area contributed by atoms with Crippen molar-refractivity contribution in [2.24, 2.45) is 0 Å². The van der Waals surface area contributed by atoms with E-state index >= 15 is 0 Å². The molecule has 0 atom stereocenters. The van der Waals surface area contributed by atoms with E-state index in [1.807, 2.05) is 6.07 Å². The largest absolute Gasteiger partial charge is 4.00 e. The van der Waals surface area contributed by atoms with Gasteiger partial charge in [-0.1, -0.05) is 6.07 Å². The van der Waals surface area contributed by atoms with E-state index in [4.69, 9.17) is 0 Å². The molecule has 64 valence electrons. The zero-order valence-corrected chi connectivity index (χ0v) is 9.76. The molecule has 5 heteroatoms. The Bertz CT molecular complexity index is 181. The predicted octanol–water partition coefficient (Wildman–Crippen LogP) is -7.85. The van der Waals surface area contributed by atoms with Gasteiger partial charge in [0.15, 0.2) is 0 Å². The van der Waals surface area contributed by atoms with Crippen molar-refractivity contribution in [3.63, 3.8) is 0 Å². The van der Waals surface area contributed by atoms with Crippen molar-refractivity contribution in [2.45, 2.75) is 0 Å². The Labute approximate surface area is 105 Å². The first-order valence-electron chi connectivity index (χ1n) is 2.36. The maximum absolute atomic E-state index is 9.88. The molecule has 12 heavy (non-hydrogen) atoms. The van der Waals surface area contributed by atoms with Crippen molar-refractivity contribution >= 4 is 6.29 Å². The molecule has 0 N–H and O–H groups in total.